The zero-order chi connectivity index (χ0) is 14.3. The van der Waals surface area contributed by atoms with Gasteiger partial charge >= 0.3 is 6.03 Å². The van der Waals surface area contributed by atoms with E-state index in [4.69, 9.17) is 5.73 Å². The van der Waals surface area contributed by atoms with Crippen molar-refractivity contribution < 1.29 is 14.7 Å². The van der Waals surface area contributed by atoms with Crippen LogP contribution in [-0.4, -0.2) is 40.6 Å². The lowest BCUT2D eigenvalue weighted by atomic mass is 9.89. The number of hydrogen-bond donors (Lipinski definition) is 3. The molecular weight excluding hydrogens is 258 g/mol. The van der Waals surface area contributed by atoms with Crippen LogP contribution in [0.25, 0.3) is 0 Å². The van der Waals surface area contributed by atoms with Crippen molar-refractivity contribution in [3.8, 4) is 0 Å². The number of hydrogen-bond acceptors (Lipinski definition) is 3. The van der Waals surface area contributed by atoms with Crippen molar-refractivity contribution in [2.24, 2.45) is 11.7 Å². The molecule has 0 atom stereocenters. The first kappa shape index (κ1) is 12.9. The van der Waals surface area contributed by atoms with Gasteiger partial charge in [-0.15, -0.1) is 0 Å². The van der Waals surface area contributed by atoms with Gasteiger partial charge in [-0.1, -0.05) is 6.07 Å². The van der Waals surface area contributed by atoms with Gasteiger partial charge in [-0.2, -0.15) is 0 Å². The van der Waals surface area contributed by atoms with E-state index in [0.29, 0.717) is 30.3 Å². The molecular formula is C14H17N3O3. The Balaban J connectivity index is 1.59. The molecule has 3 rings (SSSR count). The number of primary amides is 1. The van der Waals surface area contributed by atoms with Crippen molar-refractivity contribution in [2.75, 3.05) is 18.4 Å². The molecule has 0 bridgehead atoms. The van der Waals surface area contributed by atoms with Crippen LogP contribution in [0.15, 0.2) is 24.3 Å². The SMILES string of the molecule is NC(=O)c1cccc(NC(=O)N2CC(O)(C3CC3)C2)c1. The highest BCUT2D eigenvalue weighted by atomic mass is 16.3. The maximum Gasteiger partial charge on any atom is 0.322 e. The summed E-state index contributed by atoms with van der Waals surface area (Å²) in [6.07, 6.45) is 2.10. The van der Waals surface area contributed by atoms with Gasteiger partial charge in [-0.25, -0.2) is 4.79 Å². The molecule has 1 aromatic carbocycles. The normalized spacial score (nSPS) is 20.1. The number of carbonyl (C=O) groups is 2. The predicted octanol–water partition coefficient (Wildman–Crippen LogP) is 0.774. The molecule has 4 N–H and O–H groups in total. The number of urea groups is 1. The van der Waals surface area contributed by atoms with Crippen LogP contribution in [0.4, 0.5) is 10.5 Å². The smallest absolute Gasteiger partial charge is 0.322 e. The van der Waals surface area contributed by atoms with E-state index in [1.807, 2.05) is 0 Å². The molecule has 0 unspecified atom stereocenters. The van der Waals surface area contributed by atoms with Crippen LogP contribution in [0.5, 0.6) is 0 Å². The van der Waals surface area contributed by atoms with Crippen LogP contribution in [0.1, 0.15) is 23.2 Å². The van der Waals surface area contributed by atoms with E-state index in [2.05, 4.69) is 5.32 Å². The van der Waals surface area contributed by atoms with Crippen molar-refractivity contribution in [3.63, 3.8) is 0 Å². The van der Waals surface area contributed by atoms with E-state index in [0.717, 1.165) is 12.8 Å². The van der Waals surface area contributed by atoms with Gasteiger partial charge in [0.1, 0.15) is 5.60 Å². The number of aliphatic hydroxyl groups is 1. The van der Waals surface area contributed by atoms with E-state index in [1.165, 1.54) is 6.07 Å². The van der Waals surface area contributed by atoms with Gasteiger partial charge in [-0.05, 0) is 37.0 Å². The van der Waals surface area contributed by atoms with E-state index >= 15 is 0 Å². The molecule has 1 saturated carbocycles. The summed E-state index contributed by atoms with van der Waals surface area (Å²) >= 11 is 0. The quantitative estimate of drug-likeness (QED) is 0.760. The molecule has 1 aliphatic heterocycles. The molecule has 0 aromatic heterocycles. The maximum atomic E-state index is 12.0. The number of carbonyl (C=O) groups excluding carboxylic acids is 2. The number of benzene rings is 1. The second-order valence-corrected chi connectivity index (χ2v) is 5.61. The van der Waals surface area contributed by atoms with Gasteiger partial charge < -0.3 is 21.1 Å². The lowest BCUT2D eigenvalue weighted by Crippen LogP contribution is -2.65. The number of anilines is 1. The number of likely N-dealkylation sites (tertiary alicyclic amines) is 1. The second kappa shape index (κ2) is 4.49. The Morgan fingerprint density at radius 1 is 1.35 bits per heavy atom. The third-order valence-corrected chi connectivity index (χ3v) is 3.95. The van der Waals surface area contributed by atoms with E-state index in [-0.39, 0.29) is 6.03 Å². The van der Waals surface area contributed by atoms with Gasteiger partial charge in [-0.3, -0.25) is 4.79 Å². The van der Waals surface area contributed by atoms with Gasteiger partial charge in [0.15, 0.2) is 0 Å². The summed E-state index contributed by atoms with van der Waals surface area (Å²) in [4.78, 5) is 24.6. The van der Waals surface area contributed by atoms with Crippen LogP contribution < -0.4 is 11.1 Å². The van der Waals surface area contributed by atoms with Crippen LogP contribution in [0.2, 0.25) is 0 Å². The molecule has 6 nitrogen and oxygen atoms in total. The van der Waals surface area contributed by atoms with Crippen LogP contribution in [-0.2, 0) is 0 Å². The highest BCUT2D eigenvalue weighted by molar-refractivity contribution is 5.96. The molecule has 106 valence electrons. The fourth-order valence-corrected chi connectivity index (χ4v) is 2.59. The average molecular weight is 275 g/mol. The Morgan fingerprint density at radius 2 is 2.05 bits per heavy atom. The number of rotatable bonds is 3. The standard InChI is InChI=1S/C14H17N3O3/c15-12(18)9-2-1-3-11(6-9)16-13(19)17-7-14(20,8-17)10-4-5-10/h1-3,6,10,20H,4-5,7-8H2,(H2,15,18)(H,16,19). The Kier molecular flexibility index (Phi) is 2.90. The van der Waals surface area contributed by atoms with Crippen molar-refractivity contribution >= 4 is 17.6 Å². The number of amides is 3. The van der Waals surface area contributed by atoms with Crippen molar-refractivity contribution in [1.29, 1.82) is 0 Å². The summed E-state index contributed by atoms with van der Waals surface area (Å²) < 4.78 is 0. The first-order chi connectivity index (χ1) is 9.48. The lowest BCUT2D eigenvalue weighted by molar-refractivity contribution is -0.0897. The molecule has 3 amide bonds. The summed E-state index contributed by atoms with van der Waals surface area (Å²) in [6, 6.07) is 6.21. The summed E-state index contributed by atoms with van der Waals surface area (Å²) in [7, 11) is 0. The Morgan fingerprint density at radius 3 is 2.65 bits per heavy atom. The van der Waals surface area contributed by atoms with Crippen molar-refractivity contribution in [2.45, 2.75) is 18.4 Å². The Hall–Kier alpha value is -2.08. The van der Waals surface area contributed by atoms with Gasteiger partial charge in [0.25, 0.3) is 0 Å². The summed E-state index contributed by atoms with van der Waals surface area (Å²) in [5.41, 5.74) is 5.37. The third kappa shape index (κ3) is 2.34. The molecule has 1 heterocycles. The van der Waals surface area contributed by atoms with Crippen LogP contribution >= 0.6 is 0 Å². The number of nitrogens with one attached hydrogen (secondary N) is 1. The fourth-order valence-electron chi connectivity index (χ4n) is 2.59. The minimum absolute atomic E-state index is 0.267. The molecule has 0 spiro atoms. The summed E-state index contributed by atoms with van der Waals surface area (Å²) in [5.74, 6) is -0.183. The first-order valence-corrected chi connectivity index (χ1v) is 6.66. The largest absolute Gasteiger partial charge is 0.386 e. The number of nitrogens with two attached hydrogens (primary N) is 1. The van der Waals surface area contributed by atoms with Crippen LogP contribution in [0, 0.1) is 5.92 Å². The summed E-state index contributed by atoms with van der Waals surface area (Å²) in [6.45, 7) is 0.748. The zero-order valence-corrected chi connectivity index (χ0v) is 11.0. The number of nitrogens with zero attached hydrogens (tertiary/aromatic N) is 1. The minimum Gasteiger partial charge on any atom is -0.386 e. The highest BCUT2D eigenvalue weighted by Crippen LogP contribution is 2.44. The molecule has 1 aromatic rings. The zero-order valence-electron chi connectivity index (χ0n) is 11.0. The monoisotopic (exact) mass is 275 g/mol. The Labute approximate surface area is 116 Å². The van der Waals surface area contributed by atoms with Crippen molar-refractivity contribution in [3.05, 3.63) is 29.8 Å². The first-order valence-electron chi connectivity index (χ1n) is 6.66. The predicted molar refractivity (Wildman–Crippen MR) is 73.2 cm³/mol. The summed E-state index contributed by atoms with van der Waals surface area (Å²) in [5, 5.41) is 12.9. The number of β-amino-alcohol motifs (C(OH)–C–C–N with tert-alkyl or cyclic N) is 1. The molecule has 1 saturated heterocycles. The van der Waals surface area contributed by atoms with Crippen molar-refractivity contribution in [1.82, 2.24) is 4.90 Å². The Bertz CT molecular complexity index is 563. The minimum atomic E-state index is -0.688. The topological polar surface area (TPSA) is 95.7 Å². The molecule has 0 radical (unpaired) electrons. The van der Waals surface area contributed by atoms with E-state index in [9.17, 15) is 14.7 Å². The van der Waals surface area contributed by atoms with Gasteiger partial charge in [0, 0.05) is 11.3 Å². The molecule has 2 aliphatic rings. The average Bonchev–Trinajstić information content (AvgIpc) is 3.19. The molecule has 1 aliphatic carbocycles. The maximum absolute atomic E-state index is 12.0. The van der Waals surface area contributed by atoms with Crippen LogP contribution in [0.3, 0.4) is 0 Å². The van der Waals surface area contributed by atoms with E-state index in [1.54, 1.807) is 23.1 Å². The molecule has 6 heteroatoms. The fraction of sp³-hybridized carbons (Fsp3) is 0.429. The molecule has 2 fully saturated rings. The highest BCUT2D eigenvalue weighted by Gasteiger charge is 2.53. The second-order valence-electron chi connectivity index (χ2n) is 5.61. The molecule has 20 heavy (non-hydrogen) atoms. The third-order valence-electron chi connectivity index (χ3n) is 3.95. The van der Waals surface area contributed by atoms with Gasteiger partial charge in [0.05, 0.1) is 13.1 Å². The van der Waals surface area contributed by atoms with Gasteiger partial charge in [0.2, 0.25) is 5.91 Å². The lowest BCUT2D eigenvalue weighted by Gasteiger charge is -2.46. The van der Waals surface area contributed by atoms with E-state index < -0.39 is 11.5 Å².